The van der Waals surface area contributed by atoms with Gasteiger partial charge in [-0.05, 0) is 31.7 Å². The third-order valence-corrected chi connectivity index (χ3v) is 4.82. The van der Waals surface area contributed by atoms with E-state index in [-0.39, 0.29) is 24.4 Å². The monoisotopic (exact) mass is 340 g/mol. The van der Waals surface area contributed by atoms with Crippen LogP contribution in [-0.4, -0.2) is 32.3 Å². The molecule has 2 aliphatic heterocycles. The zero-order valence-corrected chi connectivity index (χ0v) is 14.1. The van der Waals surface area contributed by atoms with Crippen LogP contribution in [0, 0.1) is 5.41 Å². The number of amides is 1. The van der Waals surface area contributed by atoms with E-state index in [0.717, 1.165) is 24.2 Å². The highest BCUT2D eigenvalue weighted by Crippen LogP contribution is 2.34. The molecule has 1 atom stereocenters. The number of para-hydroxylation sites is 1. The first kappa shape index (κ1) is 18.0. The standard InChI is InChI=1S/C17H24N2O3.ClH/c18-12-17(7-10-21-11-8-17)16(20)19-14-5-3-9-22-15-6-2-1-4-13(14)15;/h1-2,4,6,14H,3,5,7-12,18H2,(H,19,20);1H. The number of benzene rings is 1. The van der Waals surface area contributed by atoms with Gasteiger partial charge in [0.05, 0.1) is 18.1 Å². The van der Waals surface area contributed by atoms with Gasteiger partial charge in [-0.15, -0.1) is 12.4 Å². The second kappa shape index (κ2) is 7.99. The first-order valence-corrected chi connectivity index (χ1v) is 8.06. The minimum absolute atomic E-state index is 0. The number of hydrogen-bond donors (Lipinski definition) is 2. The fourth-order valence-corrected chi connectivity index (χ4v) is 3.27. The molecule has 3 rings (SSSR count). The van der Waals surface area contributed by atoms with Crippen molar-refractivity contribution in [2.24, 2.45) is 11.1 Å². The van der Waals surface area contributed by atoms with Gasteiger partial charge in [-0.1, -0.05) is 18.2 Å². The number of hydrogen-bond acceptors (Lipinski definition) is 4. The molecule has 6 heteroatoms. The highest BCUT2D eigenvalue weighted by atomic mass is 35.5. The summed E-state index contributed by atoms with van der Waals surface area (Å²) in [6.45, 7) is 2.27. The lowest BCUT2D eigenvalue weighted by Crippen LogP contribution is -2.50. The second-order valence-corrected chi connectivity index (χ2v) is 6.15. The first-order valence-electron chi connectivity index (χ1n) is 8.06. The van der Waals surface area contributed by atoms with Crippen molar-refractivity contribution in [3.05, 3.63) is 29.8 Å². The molecule has 0 radical (unpaired) electrons. The zero-order chi connectivity index (χ0) is 15.4. The number of nitrogens with one attached hydrogen (secondary N) is 1. The molecular formula is C17H25ClN2O3. The Morgan fingerprint density at radius 1 is 1.26 bits per heavy atom. The lowest BCUT2D eigenvalue weighted by molar-refractivity contribution is -0.136. The Kier molecular flexibility index (Phi) is 6.27. The number of fused-ring (bicyclic) bond motifs is 1. The van der Waals surface area contributed by atoms with Crippen LogP contribution in [0.5, 0.6) is 5.75 Å². The van der Waals surface area contributed by atoms with Gasteiger partial charge in [0.2, 0.25) is 5.91 Å². The Bertz CT molecular complexity index is 532. The molecule has 1 unspecified atom stereocenters. The summed E-state index contributed by atoms with van der Waals surface area (Å²) in [5.41, 5.74) is 6.51. The van der Waals surface area contributed by atoms with Crippen molar-refractivity contribution >= 4 is 18.3 Å². The normalized spacial score (nSPS) is 22.7. The van der Waals surface area contributed by atoms with Crippen molar-refractivity contribution in [2.45, 2.75) is 31.7 Å². The third kappa shape index (κ3) is 3.79. The van der Waals surface area contributed by atoms with Gasteiger partial charge in [0, 0.05) is 25.3 Å². The fraction of sp³-hybridized carbons (Fsp3) is 0.588. The van der Waals surface area contributed by atoms with Gasteiger partial charge in [-0.2, -0.15) is 0 Å². The molecule has 2 heterocycles. The molecule has 5 nitrogen and oxygen atoms in total. The van der Waals surface area contributed by atoms with E-state index in [1.807, 2.05) is 24.3 Å². The molecule has 0 aliphatic carbocycles. The summed E-state index contributed by atoms with van der Waals surface area (Å²) in [4.78, 5) is 12.9. The number of ether oxygens (including phenoxy) is 2. The van der Waals surface area contributed by atoms with Gasteiger partial charge in [0.25, 0.3) is 0 Å². The van der Waals surface area contributed by atoms with E-state index < -0.39 is 5.41 Å². The lowest BCUT2D eigenvalue weighted by Gasteiger charge is -2.36. The zero-order valence-electron chi connectivity index (χ0n) is 13.3. The van der Waals surface area contributed by atoms with E-state index >= 15 is 0 Å². The minimum atomic E-state index is -0.486. The van der Waals surface area contributed by atoms with Crippen molar-refractivity contribution in [1.82, 2.24) is 5.32 Å². The Morgan fingerprint density at radius 2 is 2.00 bits per heavy atom. The SMILES string of the molecule is Cl.NCC1(C(=O)NC2CCCOc3ccccc32)CCOCC1. The fourth-order valence-electron chi connectivity index (χ4n) is 3.27. The highest BCUT2D eigenvalue weighted by Gasteiger charge is 2.40. The molecule has 1 saturated heterocycles. The topological polar surface area (TPSA) is 73.6 Å². The molecule has 3 N–H and O–H groups in total. The molecular weight excluding hydrogens is 316 g/mol. The quantitative estimate of drug-likeness (QED) is 0.884. The molecule has 0 spiro atoms. The van der Waals surface area contributed by atoms with Crippen LogP contribution in [0.1, 0.15) is 37.3 Å². The van der Waals surface area contributed by atoms with Crippen LogP contribution in [0.2, 0.25) is 0 Å². The number of halogens is 1. The molecule has 1 aromatic carbocycles. The minimum Gasteiger partial charge on any atom is -0.493 e. The summed E-state index contributed by atoms with van der Waals surface area (Å²) in [5, 5.41) is 3.22. The van der Waals surface area contributed by atoms with E-state index in [4.69, 9.17) is 15.2 Å². The van der Waals surface area contributed by atoms with E-state index in [2.05, 4.69) is 5.32 Å². The van der Waals surface area contributed by atoms with Crippen molar-refractivity contribution in [3.8, 4) is 5.75 Å². The van der Waals surface area contributed by atoms with Gasteiger partial charge in [-0.25, -0.2) is 0 Å². The number of nitrogens with two attached hydrogens (primary N) is 1. The van der Waals surface area contributed by atoms with Crippen LogP contribution in [0.25, 0.3) is 0 Å². The second-order valence-electron chi connectivity index (χ2n) is 6.15. The molecule has 128 valence electrons. The van der Waals surface area contributed by atoms with Crippen molar-refractivity contribution < 1.29 is 14.3 Å². The van der Waals surface area contributed by atoms with Gasteiger partial charge in [0.1, 0.15) is 5.75 Å². The van der Waals surface area contributed by atoms with E-state index in [1.54, 1.807) is 0 Å². The third-order valence-electron chi connectivity index (χ3n) is 4.82. The van der Waals surface area contributed by atoms with Gasteiger partial charge in [-0.3, -0.25) is 4.79 Å². The first-order chi connectivity index (χ1) is 10.7. The number of carbonyl (C=O) groups is 1. The van der Waals surface area contributed by atoms with Gasteiger partial charge < -0.3 is 20.5 Å². The predicted molar refractivity (Wildman–Crippen MR) is 90.8 cm³/mol. The van der Waals surface area contributed by atoms with Crippen molar-refractivity contribution in [2.75, 3.05) is 26.4 Å². The Labute approximate surface area is 143 Å². The summed E-state index contributed by atoms with van der Waals surface area (Å²) >= 11 is 0. The van der Waals surface area contributed by atoms with E-state index in [0.29, 0.717) is 39.2 Å². The van der Waals surface area contributed by atoms with Crippen LogP contribution in [0.4, 0.5) is 0 Å². The van der Waals surface area contributed by atoms with Crippen LogP contribution < -0.4 is 15.8 Å². The molecule has 23 heavy (non-hydrogen) atoms. The van der Waals surface area contributed by atoms with Crippen LogP contribution in [0.15, 0.2) is 24.3 Å². The van der Waals surface area contributed by atoms with Gasteiger partial charge in [0.15, 0.2) is 0 Å². The van der Waals surface area contributed by atoms with E-state index in [9.17, 15) is 4.79 Å². The Balaban J connectivity index is 0.00000192. The average molecular weight is 341 g/mol. The molecule has 1 fully saturated rings. The Morgan fingerprint density at radius 3 is 2.74 bits per heavy atom. The molecule has 1 amide bonds. The summed E-state index contributed by atoms with van der Waals surface area (Å²) in [7, 11) is 0. The van der Waals surface area contributed by atoms with Gasteiger partial charge >= 0.3 is 0 Å². The molecule has 0 bridgehead atoms. The highest BCUT2D eigenvalue weighted by molar-refractivity contribution is 5.85. The molecule has 2 aliphatic rings. The van der Waals surface area contributed by atoms with E-state index in [1.165, 1.54) is 0 Å². The maximum Gasteiger partial charge on any atom is 0.228 e. The maximum atomic E-state index is 12.9. The largest absolute Gasteiger partial charge is 0.493 e. The van der Waals surface area contributed by atoms with Crippen molar-refractivity contribution in [3.63, 3.8) is 0 Å². The van der Waals surface area contributed by atoms with Crippen molar-refractivity contribution in [1.29, 1.82) is 0 Å². The summed E-state index contributed by atoms with van der Waals surface area (Å²) in [6, 6.07) is 7.94. The Hall–Kier alpha value is -1.30. The molecule has 1 aromatic rings. The maximum absolute atomic E-state index is 12.9. The molecule has 0 saturated carbocycles. The predicted octanol–water partition coefficient (Wildman–Crippen LogP) is 2.19. The number of rotatable bonds is 3. The van der Waals surface area contributed by atoms with Crippen LogP contribution in [0.3, 0.4) is 0 Å². The molecule has 0 aromatic heterocycles. The number of carbonyl (C=O) groups excluding carboxylic acids is 1. The lowest BCUT2D eigenvalue weighted by atomic mass is 9.79. The summed E-state index contributed by atoms with van der Waals surface area (Å²) in [5.74, 6) is 0.930. The summed E-state index contributed by atoms with van der Waals surface area (Å²) in [6.07, 6.45) is 3.21. The smallest absolute Gasteiger partial charge is 0.228 e. The van der Waals surface area contributed by atoms with Crippen LogP contribution in [-0.2, 0) is 9.53 Å². The average Bonchev–Trinajstić information content (AvgIpc) is 2.78. The van der Waals surface area contributed by atoms with Crippen LogP contribution >= 0.6 is 12.4 Å². The summed E-state index contributed by atoms with van der Waals surface area (Å²) < 4.78 is 11.1.